The van der Waals surface area contributed by atoms with E-state index in [1.165, 1.54) is 4.88 Å². The van der Waals surface area contributed by atoms with Crippen molar-refractivity contribution in [1.29, 1.82) is 0 Å². The maximum absolute atomic E-state index is 5.79. The zero-order valence-electron chi connectivity index (χ0n) is 13.7. The van der Waals surface area contributed by atoms with Crippen molar-refractivity contribution in [2.75, 3.05) is 26.7 Å². The molecule has 0 aliphatic carbocycles. The maximum atomic E-state index is 5.79. The summed E-state index contributed by atoms with van der Waals surface area (Å²) in [4.78, 5) is 5.73. The van der Waals surface area contributed by atoms with E-state index in [1.807, 2.05) is 18.4 Å². The molecule has 126 valence electrons. The Morgan fingerprint density at radius 2 is 2.32 bits per heavy atom. The number of nitrogens with one attached hydrogen (secondary N) is 2. The van der Waals surface area contributed by atoms with Gasteiger partial charge in [0, 0.05) is 31.6 Å². The molecule has 2 N–H and O–H groups in total. The van der Waals surface area contributed by atoms with Crippen LogP contribution in [0, 0.1) is 5.92 Å². The van der Waals surface area contributed by atoms with Crippen LogP contribution < -0.4 is 10.6 Å². The molecular formula is C16H28IN3OS. The minimum Gasteiger partial charge on any atom is -0.373 e. The molecule has 0 radical (unpaired) electrons. The number of aliphatic imine (C=N–C) groups is 1. The van der Waals surface area contributed by atoms with Gasteiger partial charge in [0.05, 0.1) is 5.60 Å². The maximum Gasteiger partial charge on any atom is 0.191 e. The molecule has 1 aliphatic heterocycles. The van der Waals surface area contributed by atoms with Gasteiger partial charge in [-0.05, 0) is 43.6 Å². The van der Waals surface area contributed by atoms with Crippen LogP contribution in [0.1, 0.15) is 31.6 Å². The van der Waals surface area contributed by atoms with Gasteiger partial charge >= 0.3 is 0 Å². The van der Waals surface area contributed by atoms with Gasteiger partial charge in [-0.2, -0.15) is 0 Å². The molecular weight excluding hydrogens is 409 g/mol. The number of ether oxygens (including phenoxy) is 1. The standard InChI is InChI=1S/C16H27N3OS.HI/c1-13(10-14-6-4-9-21-14)11-18-15(17-3)19-12-16(2)7-5-8-20-16;/h4,6,9,13H,5,7-8,10-12H2,1-3H3,(H2,17,18,19);1H. The monoisotopic (exact) mass is 437 g/mol. The molecule has 6 heteroatoms. The Balaban J connectivity index is 0.00000242. The minimum absolute atomic E-state index is 0. The van der Waals surface area contributed by atoms with E-state index < -0.39 is 0 Å². The van der Waals surface area contributed by atoms with Gasteiger partial charge in [-0.1, -0.05) is 13.0 Å². The van der Waals surface area contributed by atoms with Gasteiger partial charge in [0.1, 0.15) is 0 Å². The van der Waals surface area contributed by atoms with Crippen LogP contribution in [0.3, 0.4) is 0 Å². The molecule has 1 aromatic heterocycles. The Labute approximate surface area is 155 Å². The van der Waals surface area contributed by atoms with Crippen molar-refractivity contribution in [1.82, 2.24) is 10.6 Å². The highest BCUT2D eigenvalue weighted by molar-refractivity contribution is 14.0. The van der Waals surface area contributed by atoms with E-state index in [-0.39, 0.29) is 29.6 Å². The number of thiophene rings is 1. The number of nitrogens with zero attached hydrogens (tertiary/aromatic N) is 1. The average molecular weight is 437 g/mol. The molecule has 0 amide bonds. The summed E-state index contributed by atoms with van der Waals surface area (Å²) < 4.78 is 5.79. The predicted molar refractivity (Wildman–Crippen MR) is 106 cm³/mol. The van der Waals surface area contributed by atoms with Crippen molar-refractivity contribution in [2.24, 2.45) is 10.9 Å². The fraction of sp³-hybridized carbons (Fsp3) is 0.688. The first-order valence-corrected chi connectivity index (χ1v) is 8.60. The number of halogens is 1. The SMILES string of the molecule is CN=C(NCC(C)Cc1cccs1)NCC1(C)CCCO1.I. The van der Waals surface area contributed by atoms with Gasteiger partial charge in [-0.3, -0.25) is 4.99 Å². The minimum atomic E-state index is -0.0415. The van der Waals surface area contributed by atoms with Crippen molar-refractivity contribution >= 4 is 41.3 Å². The van der Waals surface area contributed by atoms with Crippen LogP contribution in [0.4, 0.5) is 0 Å². The Bertz CT molecular complexity index is 444. The van der Waals surface area contributed by atoms with Gasteiger partial charge in [-0.15, -0.1) is 35.3 Å². The Morgan fingerprint density at radius 1 is 1.50 bits per heavy atom. The van der Waals surface area contributed by atoms with E-state index in [4.69, 9.17) is 4.74 Å². The first-order valence-electron chi connectivity index (χ1n) is 7.72. The average Bonchev–Trinajstić information content (AvgIpc) is 3.11. The second-order valence-corrected chi connectivity index (χ2v) is 7.13. The molecule has 1 fully saturated rings. The topological polar surface area (TPSA) is 45.7 Å². The highest BCUT2D eigenvalue weighted by Gasteiger charge is 2.29. The lowest BCUT2D eigenvalue weighted by atomic mass is 10.0. The summed E-state index contributed by atoms with van der Waals surface area (Å²) >= 11 is 1.83. The summed E-state index contributed by atoms with van der Waals surface area (Å²) in [5, 5.41) is 8.93. The lowest BCUT2D eigenvalue weighted by molar-refractivity contribution is 0.0243. The molecule has 1 saturated heterocycles. The molecule has 4 nitrogen and oxygen atoms in total. The fourth-order valence-corrected chi connectivity index (χ4v) is 3.45. The third-order valence-corrected chi connectivity index (χ3v) is 4.80. The van der Waals surface area contributed by atoms with Gasteiger partial charge in [0.25, 0.3) is 0 Å². The van der Waals surface area contributed by atoms with Gasteiger partial charge in [-0.25, -0.2) is 0 Å². The molecule has 0 saturated carbocycles. The van der Waals surface area contributed by atoms with Crippen LogP contribution in [0.5, 0.6) is 0 Å². The van der Waals surface area contributed by atoms with Crippen LogP contribution in [0.15, 0.2) is 22.5 Å². The molecule has 2 heterocycles. The molecule has 1 aromatic rings. The zero-order chi connectivity index (χ0) is 15.1. The largest absolute Gasteiger partial charge is 0.373 e. The van der Waals surface area contributed by atoms with Gasteiger partial charge in [0.15, 0.2) is 5.96 Å². The molecule has 2 unspecified atom stereocenters. The normalized spacial score (nSPS) is 23.0. The van der Waals surface area contributed by atoms with E-state index in [0.717, 1.165) is 44.9 Å². The van der Waals surface area contributed by atoms with Crippen LogP contribution in [0.25, 0.3) is 0 Å². The predicted octanol–water partition coefficient (Wildman–Crippen LogP) is 3.28. The van der Waals surface area contributed by atoms with Crippen LogP contribution in [-0.2, 0) is 11.2 Å². The van der Waals surface area contributed by atoms with Crippen molar-refractivity contribution in [3.8, 4) is 0 Å². The summed E-state index contributed by atoms with van der Waals surface area (Å²) in [5.41, 5.74) is -0.0415. The zero-order valence-corrected chi connectivity index (χ0v) is 16.9. The number of hydrogen-bond acceptors (Lipinski definition) is 3. The molecule has 2 atom stereocenters. The summed E-state index contributed by atoms with van der Waals surface area (Å²) in [6.07, 6.45) is 3.39. The summed E-state index contributed by atoms with van der Waals surface area (Å²) in [6, 6.07) is 4.31. The van der Waals surface area contributed by atoms with Crippen molar-refractivity contribution in [3.63, 3.8) is 0 Å². The quantitative estimate of drug-likeness (QED) is 0.408. The van der Waals surface area contributed by atoms with Crippen LogP contribution in [-0.4, -0.2) is 38.3 Å². The van der Waals surface area contributed by atoms with Crippen molar-refractivity contribution < 1.29 is 4.74 Å². The smallest absolute Gasteiger partial charge is 0.191 e. The Hall–Kier alpha value is -0.340. The van der Waals surface area contributed by atoms with E-state index in [2.05, 4.69) is 47.0 Å². The lowest BCUT2D eigenvalue weighted by Gasteiger charge is -2.25. The highest BCUT2D eigenvalue weighted by atomic mass is 127. The van der Waals surface area contributed by atoms with E-state index in [1.54, 1.807) is 0 Å². The number of rotatable bonds is 6. The third kappa shape index (κ3) is 6.42. The molecule has 0 spiro atoms. The molecule has 22 heavy (non-hydrogen) atoms. The van der Waals surface area contributed by atoms with Gasteiger partial charge < -0.3 is 15.4 Å². The second-order valence-electron chi connectivity index (χ2n) is 6.10. The van der Waals surface area contributed by atoms with Crippen molar-refractivity contribution in [3.05, 3.63) is 22.4 Å². The summed E-state index contributed by atoms with van der Waals surface area (Å²) in [5.74, 6) is 1.45. The molecule has 0 aromatic carbocycles. The summed E-state index contributed by atoms with van der Waals surface area (Å²) in [7, 11) is 1.82. The van der Waals surface area contributed by atoms with Crippen LogP contribution in [0.2, 0.25) is 0 Å². The molecule has 0 bridgehead atoms. The van der Waals surface area contributed by atoms with E-state index in [0.29, 0.717) is 5.92 Å². The molecule has 2 rings (SSSR count). The number of guanidine groups is 1. The second kappa shape index (κ2) is 9.72. The van der Waals surface area contributed by atoms with Gasteiger partial charge in [0.2, 0.25) is 0 Å². The Morgan fingerprint density at radius 3 is 2.91 bits per heavy atom. The highest BCUT2D eigenvalue weighted by Crippen LogP contribution is 2.23. The van der Waals surface area contributed by atoms with Crippen molar-refractivity contribution in [2.45, 2.75) is 38.7 Å². The first-order chi connectivity index (χ1) is 10.1. The fourth-order valence-electron chi connectivity index (χ4n) is 2.58. The lowest BCUT2D eigenvalue weighted by Crippen LogP contribution is -2.46. The number of hydrogen-bond donors (Lipinski definition) is 2. The van der Waals surface area contributed by atoms with E-state index >= 15 is 0 Å². The van der Waals surface area contributed by atoms with Crippen LogP contribution >= 0.6 is 35.3 Å². The summed E-state index contributed by atoms with van der Waals surface area (Å²) in [6.45, 7) is 7.05. The first kappa shape index (κ1) is 19.7. The molecule has 1 aliphatic rings. The third-order valence-electron chi connectivity index (χ3n) is 3.90. The van der Waals surface area contributed by atoms with E-state index in [9.17, 15) is 0 Å². The Kier molecular flexibility index (Phi) is 8.71.